The summed E-state index contributed by atoms with van der Waals surface area (Å²) in [5.74, 6) is 0.0249. The highest BCUT2D eigenvalue weighted by molar-refractivity contribution is 5.85. The molecular formula is C14H24N2O. The van der Waals surface area contributed by atoms with Crippen LogP contribution in [0, 0.1) is 16.7 Å². The first-order chi connectivity index (χ1) is 8.11. The Morgan fingerprint density at radius 2 is 1.82 bits per heavy atom. The highest BCUT2D eigenvalue weighted by Crippen LogP contribution is 2.31. The molecule has 0 radical (unpaired) electrons. The minimum atomic E-state index is -0.799. The zero-order chi connectivity index (χ0) is 12.9. The van der Waals surface area contributed by atoms with E-state index in [0.29, 0.717) is 18.9 Å². The molecule has 96 valence electrons. The Kier molecular flexibility index (Phi) is 4.99. The second-order valence-corrected chi connectivity index (χ2v) is 5.11. The first-order valence-electron chi connectivity index (χ1n) is 6.79. The highest BCUT2D eigenvalue weighted by atomic mass is 16.2. The minimum absolute atomic E-state index is 0.0249. The van der Waals surface area contributed by atoms with E-state index < -0.39 is 5.41 Å². The van der Waals surface area contributed by atoms with Crippen molar-refractivity contribution in [3.05, 3.63) is 0 Å². The molecular weight excluding hydrogens is 212 g/mol. The Balaban J connectivity index is 2.76. The maximum Gasteiger partial charge on any atom is 0.243 e. The third-order valence-electron chi connectivity index (χ3n) is 4.27. The van der Waals surface area contributed by atoms with Crippen molar-refractivity contribution in [2.75, 3.05) is 7.05 Å². The predicted molar refractivity (Wildman–Crippen MR) is 68.3 cm³/mol. The van der Waals surface area contributed by atoms with Gasteiger partial charge in [-0.15, -0.1) is 0 Å². The van der Waals surface area contributed by atoms with Crippen molar-refractivity contribution in [3.8, 4) is 6.07 Å². The molecule has 1 amide bonds. The number of amides is 1. The Bertz CT molecular complexity index is 296. The first kappa shape index (κ1) is 14.0. The van der Waals surface area contributed by atoms with E-state index in [1.54, 1.807) is 0 Å². The summed E-state index contributed by atoms with van der Waals surface area (Å²) in [4.78, 5) is 14.3. The first-order valence-corrected chi connectivity index (χ1v) is 6.79. The van der Waals surface area contributed by atoms with E-state index in [2.05, 4.69) is 6.07 Å². The Hall–Kier alpha value is -1.04. The van der Waals surface area contributed by atoms with Gasteiger partial charge in [-0.2, -0.15) is 5.26 Å². The quantitative estimate of drug-likeness (QED) is 0.752. The molecule has 1 fully saturated rings. The lowest BCUT2D eigenvalue weighted by Crippen LogP contribution is -2.46. The van der Waals surface area contributed by atoms with Crippen LogP contribution >= 0.6 is 0 Å². The largest absolute Gasteiger partial charge is 0.341 e. The lowest BCUT2D eigenvalue weighted by atomic mass is 9.81. The molecule has 0 bridgehead atoms. The summed E-state index contributed by atoms with van der Waals surface area (Å²) < 4.78 is 0. The van der Waals surface area contributed by atoms with Crippen molar-refractivity contribution < 1.29 is 4.79 Å². The van der Waals surface area contributed by atoms with Crippen LogP contribution in [0.15, 0.2) is 0 Å². The van der Waals surface area contributed by atoms with E-state index in [9.17, 15) is 10.1 Å². The van der Waals surface area contributed by atoms with E-state index in [0.717, 1.165) is 12.8 Å². The molecule has 0 heterocycles. The van der Waals surface area contributed by atoms with Crippen molar-refractivity contribution >= 4 is 5.91 Å². The summed E-state index contributed by atoms with van der Waals surface area (Å²) in [7, 11) is 1.87. The lowest BCUT2D eigenvalue weighted by Gasteiger charge is -2.36. The molecule has 0 aromatic carbocycles. The molecule has 3 heteroatoms. The highest BCUT2D eigenvalue weighted by Gasteiger charge is 2.39. The van der Waals surface area contributed by atoms with Gasteiger partial charge in [0, 0.05) is 13.1 Å². The van der Waals surface area contributed by atoms with Gasteiger partial charge in [0.15, 0.2) is 0 Å². The van der Waals surface area contributed by atoms with Crippen LogP contribution in [0.3, 0.4) is 0 Å². The standard InChI is InChI=1S/C14H24N2O/c1-4-14(5-2,11-15)13(17)16(3)12-9-7-6-8-10-12/h12H,4-10H2,1-3H3. The van der Waals surface area contributed by atoms with Gasteiger partial charge in [0.1, 0.15) is 5.41 Å². The van der Waals surface area contributed by atoms with Crippen molar-refractivity contribution in [2.24, 2.45) is 5.41 Å². The second-order valence-electron chi connectivity index (χ2n) is 5.11. The molecule has 1 saturated carbocycles. The molecule has 1 aliphatic carbocycles. The molecule has 0 unspecified atom stereocenters. The summed E-state index contributed by atoms with van der Waals surface area (Å²) in [5, 5.41) is 9.30. The zero-order valence-corrected chi connectivity index (χ0v) is 11.3. The summed E-state index contributed by atoms with van der Waals surface area (Å²) in [5.41, 5.74) is -0.799. The monoisotopic (exact) mass is 236 g/mol. The molecule has 0 atom stereocenters. The average Bonchev–Trinajstić information content (AvgIpc) is 2.41. The van der Waals surface area contributed by atoms with Crippen LogP contribution in [0.2, 0.25) is 0 Å². The van der Waals surface area contributed by atoms with Crippen LogP contribution in [0.1, 0.15) is 58.8 Å². The van der Waals surface area contributed by atoms with Crippen molar-refractivity contribution in [3.63, 3.8) is 0 Å². The molecule has 0 spiro atoms. The third kappa shape index (κ3) is 2.80. The SMILES string of the molecule is CCC(C#N)(CC)C(=O)N(C)C1CCCCC1. The van der Waals surface area contributed by atoms with Gasteiger partial charge in [0.05, 0.1) is 6.07 Å². The maximum absolute atomic E-state index is 12.5. The van der Waals surface area contributed by atoms with E-state index in [-0.39, 0.29) is 5.91 Å². The third-order valence-corrected chi connectivity index (χ3v) is 4.27. The summed E-state index contributed by atoms with van der Waals surface area (Å²) >= 11 is 0. The molecule has 0 saturated heterocycles. The number of rotatable bonds is 4. The van der Waals surface area contributed by atoms with Gasteiger partial charge in [-0.05, 0) is 25.7 Å². The Labute approximate surface area is 105 Å². The van der Waals surface area contributed by atoms with Crippen LogP contribution in [0.5, 0.6) is 0 Å². The van der Waals surface area contributed by atoms with Gasteiger partial charge in [-0.3, -0.25) is 4.79 Å². The Morgan fingerprint density at radius 3 is 2.24 bits per heavy atom. The van der Waals surface area contributed by atoms with E-state index in [1.807, 2.05) is 25.8 Å². The number of hydrogen-bond donors (Lipinski definition) is 0. The molecule has 1 aliphatic rings. The van der Waals surface area contributed by atoms with Crippen LogP contribution in [-0.4, -0.2) is 23.9 Å². The molecule has 0 aliphatic heterocycles. The second kappa shape index (κ2) is 6.05. The number of nitrogens with zero attached hydrogens (tertiary/aromatic N) is 2. The van der Waals surface area contributed by atoms with E-state index in [1.165, 1.54) is 19.3 Å². The van der Waals surface area contributed by atoms with Gasteiger partial charge in [-0.1, -0.05) is 33.1 Å². The lowest BCUT2D eigenvalue weighted by molar-refractivity contribution is -0.140. The molecule has 0 N–H and O–H groups in total. The number of carbonyl (C=O) groups excluding carboxylic acids is 1. The molecule has 17 heavy (non-hydrogen) atoms. The van der Waals surface area contributed by atoms with Crippen LogP contribution in [0.25, 0.3) is 0 Å². The normalized spacial score (nSPS) is 17.5. The fourth-order valence-electron chi connectivity index (χ4n) is 2.73. The van der Waals surface area contributed by atoms with Crippen LogP contribution < -0.4 is 0 Å². The number of carbonyl (C=O) groups is 1. The number of nitriles is 1. The summed E-state index contributed by atoms with van der Waals surface area (Å²) in [6.45, 7) is 3.86. The smallest absolute Gasteiger partial charge is 0.243 e. The van der Waals surface area contributed by atoms with Gasteiger partial charge >= 0.3 is 0 Å². The van der Waals surface area contributed by atoms with Crippen LogP contribution in [0.4, 0.5) is 0 Å². The Morgan fingerprint density at radius 1 is 1.29 bits per heavy atom. The molecule has 0 aromatic heterocycles. The van der Waals surface area contributed by atoms with Crippen molar-refractivity contribution in [1.82, 2.24) is 4.90 Å². The van der Waals surface area contributed by atoms with Gasteiger partial charge in [0.25, 0.3) is 0 Å². The zero-order valence-electron chi connectivity index (χ0n) is 11.3. The fourth-order valence-corrected chi connectivity index (χ4v) is 2.73. The summed E-state index contributed by atoms with van der Waals surface area (Å²) in [6, 6.07) is 2.59. The fraction of sp³-hybridized carbons (Fsp3) is 0.857. The molecule has 3 nitrogen and oxygen atoms in total. The predicted octanol–water partition coefficient (Wildman–Crippen LogP) is 3.11. The van der Waals surface area contributed by atoms with Gasteiger partial charge in [-0.25, -0.2) is 0 Å². The van der Waals surface area contributed by atoms with Gasteiger partial charge in [0.2, 0.25) is 5.91 Å². The van der Waals surface area contributed by atoms with Crippen molar-refractivity contribution in [1.29, 1.82) is 5.26 Å². The van der Waals surface area contributed by atoms with Crippen molar-refractivity contribution in [2.45, 2.75) is 64.8 Å². The van der Waals surface area contributed by atoms with E-state index >= 15 is 0 Å². The summed E-state index contributed by atoms with van der Waals surface area (Å²) in [6.07, 6.45) is 7.10. The average molecular weight is 236 g/mol. The minimum Gasteiger partial charge on any atom is -0.341 e. The maximum atomic E-state index is 12.5. The topological polar surface area (TPSA) is 44.1 Å². The number of hydrogen-bond acceptors (Lipinski definition) is 2. The van der Waals surface area contributed by atoms with Gasteiger partial charge < -0.3 is 4.90 Å². The van der Waals surface area contributed by atoms with E-state index in [4.69, 9.17) is 0 Å². The molecule has 0 aromatic rings. The molecule has 1 rings (SSSR count). The van der Waals surface area contributed by atoms with Crippen LogP contribution in [-0.2, 0) is 4.79 Å².